The molecule has 3 heteroatoms. The molecule has 0 atom stereocenters. The van der Waals surface area contributed by atoms with Crippen LogP contribution >= 0.6 is 0 Å². The quantitative estimate of drug-likeness (QED) is 0.582. The van der Waals surface area contributed by atoms with Crippen molar-refractivity contribution < 1.29 is 4.74 Å². The summed E-state index contributed by atoms with van der Waals surface area (Å²) in [6.45, 7) is 7.28. The smallest absolute Gasteiger partial charge is 0.0587 e. The van der Waals surface area contributed by atoms with Crippen molar-refractivity contribution in [2.75, 3.05) is 20.3 Å². The Morgan fingerprint density at radius 2 is 2.21 bits per heavy atom. The molecule has 0 bridgehead atoms. The molecule has 0 unspecified atom stereocenters. The summed E-state index contributed by atoms with van der Waals surface area (Å²) in [6, 6.07) is 8.55. The predicted octanol–water partition coefficient (Wildman–Crippen LogP) is 2.95. The molecule has 0 fully saturated rings. The molecule has 0 spiro atoms. The van der Waals surface area contributed by atoms with Crippen LogP contribution in [-0.4, -0.2) is 24.8 Å². The second-order valence-electron chi connectivity index (χ2n) is 4.61. The number of ether oxygens (including phenoxy) is 1. The van der Waals surface area contributed by atoms with Gasteiger partial charge in [-0.2, -0.15) is 0 Å². The van der Waals surface area contributed by atoms with Crippen molar-refractivity contribution in [1.82, 2.24) is 9.88 Å². The van der Waals surface area contributed by atoms with E-state index in [1.165, 1.54) is 16.5 Å². The summed E-state index contributed by atoms with van der Waals surface area (Å²) >= 11 is 0. The summed E-state index contributed by atoms with van der Waals surface area (Å²) in [5.41, 5.74) is 2.64. The molecule has 2 aromatic rings. The van der Waals surface area contributed by atoms with E-state index in [2.05, 4.69) is 46.9 Å². The second kappa shape index (κ2) is 7.12. The lowest BCUT2D eigenvalue weighted by Crippen LogP contribution is -2.18. The Labute approximate surface area is 114 Å². The summed E-state index contributed by atoms with van der Waals surface area (Å²) in [5.74, 6) is 0. The molecule has 0 aliphatic heterocycles. The first kappa shape index (κ1) is 13.8. The Hall–Kier alpha value is -1.58. The SMILES string of the molecule is C=CCCn1cc(CNCCOC)c2ccccc21. The molecule has 0 aliphatic carbocycles. The molecule has 1 aromatic carbocycles. The van der Waals surface area contributed by atoms with Gasteiger partial charge in [-0.15, -0.1) is 6.58 Å². The van der Waals surface area contributed by atoms with Crippen molar-refractivity contribution in [1.29, 1.82) is 0 Å². The van der Waals surface area contributed by atoms with Crippen LogP contribution in [0.25, 0.3) is 10.9 Å². The van der Waals surface area contributed by atoms with E-state index in [1.807, 2.05) is 6.08 Å². The van der Waals surface area contributed by atoms with Gasteiger partial charge in [0.25, 0.3) is 0 Å². The summed E-state index contributed by atoms with van der Waals surface area (Å²) < 4.78 is 7.36. The van der Waals surface area contributed by atoms with Crippen LogP contribution in [0.2, 0.25) is 0 Å². The Kier molecular flexibility index (Phi) is 5.19. The molecule has 0 radical (unpaired) electrons. The van der Waals surface area contributed by atoms with E-state index in [0.717, 1.165) is 32.7 Å². The van der Waals surface area contributed by atoms with Crippen LogP contribution in [0, 0.1) is 0 Å². The highest BCUT2D eigenvalue weighted by molar-refractivity contribution is 5.83. The van der Waals surface area contributed by atoms with Crippen LogP contribution in [0.15, 0.2) is 43.1 Å². The molecule has 1 aromatic heterocycles. The van der Waals surface area contributed by atoms with Crippen molar-refractivity contribution >= 4 is 10.9 Å². The summed E-state index contributed by atoms with van der Waals surface area (Å²) in [6.07, 6.45) is 5.20. The number of aromatic nitrogens is 1. The van der Waals surface area contributed by atoms with E-state index in [0.29, 0.717) is 0 Å². The fraction of sp³-hybridized carbons (Fsp3) is 0.375. The van der Waals surface area contributed by atoms with Gasteiger partial charge in [0.15, 0.2) is 0 Å². The molecule has 0 saturated heterocycles. The van der Waals surface area contributed by atoms with Crippen LogP contribution < -0.4 is 5.32 Å². The van der Waals surface area contributed by atoms with Gasteiger partial charge in [-0.05, 0) is 18.1 Å². The first-order valence-electron chi connectivity index (χ1n) is 6.74. The van der Waals surface area contributed by atoms with Crippen molar-refractivity contribution in [2.45, 2.75) is 19.5 Å². The van der Waals surface area contributed by atoms with Crippen molar-refractivity contribution in [3.05, 3.63) is 48.7 Å². The van der Waals surface area contributed by atoms with Crippen LogP contribution in [0.4, 0.5) is 0 Å². The maximum Gasteiger partial charge on any atom is 0.0587 e. The van der Waals surface area contributed by atoms with Gasteiger partial charge in [0.1, 0.15) is 0 Å². The van der Waals surface area contributed by atoms with E-state index in [9.17, 15) is 0 Å². The first-order valence-corrected chi connectivity index (χ1v) is 6.74. The molecular formula is C16H22N2O. The molecule has 1 N–H and O–H groups in total. The maximum atomic E-state index is 5.05. The van der Waals surface area contributed by atoms with Gasteiger partial charge in [-0.25, -0.2) is 0 Å². The molecule has 19 heavy (non-hydrogen) atoms. The minimum Gasteiger partial charge on any atom is -0.383 e. The van der Waals surface area contributed by atoms with Gasteiger partial charge in [0.2, 0.25) is 0 Å². The normalized spacial score (nSPS) is 11.0. The lowest BCUT2D eigenvalue weighted by molar-refractivity contribution is 0.199. The molecule has 0 amide bonds. The van der Waals surface area contributed by atoms with Gasteiger partial charge in [0.05, 0.1) is 6.61 Å². The zero-order valence-electron chi connectivity index (χ0n) is 11.6. The highest BCUT2D eigenvalue weighted by Gasteiger charge is 2.06. The van der Waals surface area contributed by atoms with Gasteiger partial charge >= 0.3 is 0 Å². The van der Waals surface area contributed by atoms with Gasteiger partial charge in [0, 0.05) is 43.8 Å². The first-order chi connectivity index (χ1) is 9.36. The fourth-order valence-electron chi connectivity index (χ4n) is 2.28. The Balaban J connectivity index is 2.15. The second-order valence-corrected chi connectivity index (χ2v) is 4.61. The summed E-state index contributed by atoms with van der Waals surface area (Å²) in [7, 11) is 1.73. The largest absolute Gasteiger partial charge is 0.383 e. The number of fused-ring (bicyclic) bond motifs is 1. The molecule has 2 rings (SSSR count). The average Bonchev–Trinajstić information content (AvgIpc) is 2.80. The van der Waals surface area contributed by atoms with E-state index in [4.69, 9.17) is 4.74 Å². The molecule has 1 heterocycles. The highest BCUT2D eigenvalue weighted by atomic mass is 16.5. The van der Waals surface area contributed by atoms with Gasteiger partial charge in [-0.3, -0.25) is 0 Å². The zero-order chi connectivity index (χ0) is 13.5. The minimum atomic E-state index is 0.745. The third-order valence-electron chi connectivity index (χ3n) is 3.24. The predicted molar refractivity (Wildman–Crippen MR) is 80.3 cm³/mol. The topological polar surface area (TPSA) is 26.2 Å². The molecule has 3 nitrogen and oxygen atoms in total. The lowest BCUT2D eigenvalue weighted by atomic mass is 10.2. The third-order valence-corrected chi connectivity index (χ3v) is 3.24. The number of nitrogens with one attached hydrogen (secondary N) is 1. The number of aryl methyl sites for hydroxylation is 1. The number of hydrogen-bond donors (Lipinski definition) is 1. The monoisotopic (exact) mass is 258 g/mol. The van der Waals surface area contributed by atoms with Crippen LogP contribution in [-0.2, 0) is 17.8 Å². The van der Waals surface area contributed by atoms with Crippen LogP contribution in [0.3, 0.4) is 0 Å². The van der Waals surface area contributed by atoms with E-state index < -0.39 is 0 Å². The zero-order valence-corrected chi connectivity index (χ0v) is 11.6. The van der Waals surface area contributed by atoms with Crippen molar-refractivity contribution in [2.24, 2.45) is 0 Å². The van der Waals surface area contributed by atoms with Crippen molar-refractivity contribution in [3.8, 4) is 0 Å². The minimum absolute atomic E-state index is 0.745. The summed E-state index contributed by atoms with van der Waals surface area (Å²) in [4.78, 5) is 0. The van der Waals surface area contributed by atoms with E-state index >= 15 is 0 Å². The molecular weight excluding hydrogens is 236 g/mol. The Morgan fingerprint density at radius 1 is 1.37 bits per heavy atom. The number of hydrogen-bond acceptors (Lipinski definition) is 2. The maximum absolute atomic E-state index is 5.05. The standard InChI is InChI=1S/C16H22N2O/c1-3-4-10-18-13-14(12-17-9-11-19-2)15-7-5-6-8-16(15)18/h3,5-8,13,17H,1,4,9-12H2,2H3. The summed E-state index contributed by atoms with van der Waals surface area (Å²) in [5, 5.41) is 4.74. The number of rotatable bonds is 8. The Morgan fingerprint density at radius 3 is 3.00 bits per heavy atom. The molecule has 0 saturated carbocycles. The molecule has 102 valence electrons. The number of methoxy groups -OCH3 is 1. The van der Waals surface area contributed by atoms with Gasteiger partial charge < -0.3 is 14.6 Å². The lowest BCUT2D eigenvalue weighted by Gasteiger charge is -2.02. The van der Waals surface area contributed by atoms with E-state index in [-0.39, 0.29) is 0 Å². The van der Waals surface area contributed by atoms with Gasteiger partial charge in [-0.1, -0.05) is 24.3 Å². The number of benzene rings is 1. The Bertz CT molecular complexity index is 531. The van der Waals surface area contributed by atoms with Crippen molar-refractivity contribution in [3.63, 3.8) is 0 Å². The number of para-hydroxylation sites is 1. The average molecular weight is 258 g/mol. The fourth-order valence-corrected chi connectivity index (χ4v) is 2.28. The van der Waals surface area contributed by atoms with Crippen LogP contribution in [0.1, 0.15) is 12.0 Å². The van der Waals surface area contributed by atoms with E-state index in [1.54, 1.807) is 7.11 Å². The number of allylic oxidation sites excluding steroid dienone is 1. The molecule has 0 aliphatic rings. The number of nitrogens with zero attached hydrogens (tertiary/aromatic N) is 1. The van der Waals surface area contributed by atoms with Crippen LogP contribution in [0.5, 0.6) is 0 Å². The highest BCUT2D eigenvalue weighted by Crippen LogP contribution is 2.21. The third kappa shape index (κ3) is 3.46.